The Morgan fingerprint density at radius 3 is 2.17 bits per heavy atom. The van der Waals surface area contributed by atoms with Crippen LogP contribution < -0.4 is 0 Å². The molecule has 2 nitrogen and oxygen atoms in total. The molecule has 0 N–H and O–H groups in total. The van der Waals surface area contributed by atoms with Gasteiger partial charge in [0.1, 0.15) is 0 Å². The second-order valence-electron chi connectivity index (χ2n) is 3.02. The lowest BCUT2D eigenvalue weighted by Crippen LogP contribution is -1.97. The van der Waals surface area contributed by atoms with E-state index in [-0.39, 0.29) is 0 Å². The molecule has 0 bridgehead atoms. The molecule has 0 fully saturated rings. The number of hydrogen-bond donors (Lipinski definition) is 0. The van der Waals surface area contributed by atoms with Gasteiger partial charge in [0.05, 0.1) is 0 Å². The lowest BCUT2D eigenvalue weighted by molar-refractivity contribution is 0.123. The summed E-state index contributed by atoms with van der Waals surface area (Å²) in [5, 5.41) is 0. The molecule has 0 aliphatic heterocycles. The summed E-state index contributed by atoms with van der Waals surface area (Å²) >= 11 is 0. The quantitative estimate of drug-likeness (QED) is 0.500. The molecule has 0 aliphatic carbocycles. The fourth-order valence-electron chi connectivity index (χ4n) is 0.976. The van der Waals surface area contributed by atoms with Gasteiger partial charge in [0.25, 0.3) is 0 Å². The van der Waals surface area contributed by atoms with Gasteiger partial charge < -0.3 is 9.47 Å². The van der Waals surface area contributed by atoms with E-state index in [1.165, 1.54) is 25.7 Å². The van der Waals surface area contributed by atoms with Crippen LogP contribution in [0.15, 0.2) is 0 Å². The van der Waals surface area contributed by atoms with E-state index < -0.39 is 0 Å². The minimum atomic E-state index is 0.884. The highest BCUT2D eigenvalue weighted by Crippen LogP contribution is 1.97. The van der Waals surface area contributed by atoms with E-state index in [1.54, 1.807) is 7.11 Å². The van der Waals surface area contributed by atoms with E-state index in [9.17, 15) is 0 Å². The minimum absolute atomic E-state index is 0.884. The SMILES string of the molecule is CCCCOCCCCCOC. The molecule has 74 valence electrons. The van der Waals surface area contributed by atoms with Crippen LogP contribution in [0.1, 0.15) is 39.0 Å². The first-order chi connectivity index (χ1) is 5.91. The predicted molar refractivity (Wildman–Crippen MR) is 51.5 cm³/mol. The number of rotatable bonds is 9. The molecule has 2 heteroatoms. The maximum absolute atomic E-state index is 5.41. The van der Waals surface area contributed by atoms with Gasteiger partial charge in [-0.25, -0.2) is 0 Å². The largest absolute Gasteiger partial charge is 0.385 e. The molecule has 0 amide bonds. The van der Waals surface area contributed by atoms with Gasteiger partial charge >= 0.3 is 0 Å². The summed E-state index contributed by atoms with van der Waals surface area (Å²) in [4.78, 5) is 0. The van der Waals surface area contributed by atoms with Crippen LogP contribution in [0.2, 0.25) is 0 Å². The molecule has 0 radical (unpaired) electrons. The maximum atomic E-state index is 5.41. The van der Waals surface area contributed by atoms with E-state index in [2.05, 4.69) is 6.92 Å². The average molecular weight is 174 g/mol. The second-order valence-corrected chi connectivity index (χ2v) is 3.02. The van der Waals surface area contributed by atoms with Crippen molar-refractivity contribution in [2.45, 2.75) is 39.0 Å². The summed E-state index contributed by atoms with van der Waals surface area (Å²) in [6, 6.07) is 0. The zero-order valence-corrected chi connectivity index (χ0v) is 8.47. The fraction of sp³-hybridized carbons (Fsp3) is 1.00. The molecule has 0 aromatic rings. The third-order valence-electron chi connectivity index (χ3n) is 1.78. The summed E-state index contributed by atoms with van der Waals surface area (Å²) in [6.07, 6.45) is 5.97. The van der Waals surface area contributed by atoms with Crippen molar-refractivity contribution in [1.29, 1.82) is 0 Å². The molecule has 0 aliphatic rings. The number of hydrogen-bond acceptors (Lipinski definition) is 2. The molecule has 0 rings (SSSR count). The van der Waals surface area contributed by atoms with Crippen molar-refractivity contribution in [2.75, 3.05) is 26.9 Å². The van der Waals surface area contributed by atoms with Gasteiger partial charge in [-0.15, -0.1) is 0 Å². The van der Waals surface area contributed by atoms with Gasteiger partial charge in [-0.1, -0.05) is 13.3 Å². The molecule has 0 heterocycles. The van der Waals surface area contributed by atoms with Crippen molar-refractivity contribution in [2.24, 2.45) is 0 Å². The first kappa shape index (κ1) is 11.9. The van der Waals surface area contributed by atoms with E-state index >= 15 is 0 Å². The van der Waals surface area contributed by atoms with Crippen LogP contribution in [0.5, 0.6) is 0 Å². The maximum Gasteiger partial charge on any atom is 0.0466 e. The van der Waals surface area contributed by atoms with Crippen molar-refractivity contribution in [3.05, 3.63) is 0 Å². The van der Waals surface area contributed by atoms with Crippen LogP contribution >= 0.6 is 0 Å². The molecule has 12 heavy (non-hydrogen) atoms. The second kappa shape index (κ2) is 10.9. The first-order valence-electron chi connectivity index (χ1n) is 4.98. The highest BCUT2D eigenvalue weighted by atomic mass is 16.5. The van der Waals surface area contributed by atoms with Crippen LogP contribution in [0.3, 0.4) is 0 Å². The van der Waals surface area contributed by atoms with E-state index in [0.29, 0.717) is 0 Å². The van der Waals surface area contributed by atoms with Crippen LogP contribution in [0.25, 0.3) is 0 Å². The first-order valence-corrected chi connectivity index (χ1v) is 4.98. The number of unbranched alkanes of at least 4 members (excludes halogenated alkanes) is 3. The highest BCUT2D eigenvalue weighted by molar-refractivity contribution is 4.40. The molecule has 0 aromatic heterocycles. The number of methoxy groups -OCH3 is 1. The van der Waals surface area contributed by atoms with Crippen LogP contribution in [-0.4, -0.2) is 26.9 Å². The normalized spacial score (nSPS) is 10.5. The Balaban J connectivity index is 2.73. The Kier molecular flexibility index (Phi) is 10.8. The molecule has 0 atom stereocenters. The lowest BCUT2D eigenvalue weighted by atomic mass is 10.2. The van der Waals surface area contributed by atoms with Gasteiger partial charge in [-0.05, 0) is 25.7 Å². The number of ether oxygens (including phenoxy) is 2. The Labute approximate surface area is 76.3 Å². The van der Waals surface area contributed by atoms with Gasteiger partial charge in [0.2, 0.25) is 0 Å². The summed E-state index contributed by atoms with van der Waals surface area (Å²) in [6.45, 7) is 4.92. The van der Waals surface area contributed by atoms with Crippen molar-refractivity contribution in [3.8, 4) is 0 Å². The molecular formula is C10H22O2. The summed E-state index contributed by atoms with van der Waals surface area (Å²) in [5.41, 5.74) is 0. The highest BCUT2D eigenvalue weighted by Gasteiger charge is 1.89. The average Bonchev–Trinajstić information content (AvgIpc) is 2.10. The van der Waals surface area contributed by atoms with Gasteiger partial charge in [-0.2, -0.15) is 0 Å². The Hall–Kier alpha value is -0.0800. The van der Waals surface area contributed by atoms with Crippen LogP contribution in [-0.2, 0) is 9.47 Å². The lowest BCUT2D eigenvalue weighted by Gasteiger charge is -2.02. The van der Waals surface area contributed by atoms with Crippen molar-refractivity contribution >= 4 is 0 Å². The van der Waals surface area contributed by atoms with E-state index in [4.69, 9.17) is 9.47 Å². The Bertz CT molecular complexity index is 64.2. The van der Waals surface area contributed by atoms with Crippen LogP contribution in [0.4, 0.5) is 0 Å². The topological polar surface area (TPSA) is 18.5 Å². The zero-order chi connectivity index (χ0) is 9.07. The molecule has 0 spiro atoms. The summed E-state index contributed by atoms with van der Waals surface area (Å²) in [5.74, 6) is 0. The van der Waals surface area contributed by atoms with Gasteiger partial charge in [0, 0.05) is 26.9 Å². The molecular weight excluding hydrogens is 152 g/mol. The third kappa shape index (κ3) is 9.92. The molecule has 0 saturated heterocycles. The van der Waals surface area contributed by atoms with Crippen molar-refractivity contribution in [1.82, 2.24) is 0 Å². The molecule has 0 unspecified atom stereocenters. The van der Waals surface area contributed by atoms with E-state index in [1.807, 2.05) is 0 Å². The van der Waals surface area contributed by atoms with Gasteiger partial charge in [0.15, 0.2) is 0 Å². The predicted octanol–water partition coefficient (Wildman–Crippen LogP) is 2.62. The fourth-order valence-corrected chi connectivity index (χ4v) is 0.976. The van der Waals surface area contributed by atoms with Crippen LogP contribution in [0, 0.1) is 0 Å². The van der Waals surface area contributed by atoms with Crippen molar-refractivity contribution in [3.63, 3.8) is 0 Å². The summed E-state index contributed by atoms with van der Waals surface area (Å²) < 4.78 is 10.4. The standard InChI is InChI=1S/C10H22O2/c1-3-4-9-12-10-7-5-6-8-11-2/h3-10H2,1-2H3. The smallest absolute Gasteiger partial charge is 0.0466 e. The Morgan fingerprint density at radius 2 is 1.50 bits per heavy atom. The Morgan fingerprint density at radius 1 is 0.833 bits per heavy atom. The zero-order valence-electron chi connectivity index (χ0n) is 8.47. The molecule has 0 aromatic carbocycles. The van der Waals surface area contributed by atoms with Crippen molar-refractivity contribution < 1.29 is 9.47 Å². The summed E-state index contributed by atoms with van der Waals surface area (Å²) in [7, 11) is 1.75. The molecule has 0 saturated carbocycles. The van der Waals surface area contributed by atoms with E-state index in [0.717, 1.165) is 26.2 Å². The third-order valence-corrected chi connectivity index (χ3v) is 1.78. The monoisotopic (exact) mass is 174 g/mol. The van der Waals surface area contributed by atoms with Gasteiger partial charge in [-0.3, -0.25) is 0 Å². The minimum Gasteiger partial charge on any atom is -0.385 e.